The Hall–Kier alpha value is -3.90. The van der Waals surface area contributed by atoms with E-state index in [-0.39, 0.29) is 18.1 Å². The third-order valence-electron chi connectivity index (χ3n) is 5.52. The number of pyridine rings is 2. The van der Waals surface area contributed by atoms with Crippen LogP contribution in [0.15, 0.2) is 48.2 Å². The normalized spacial score (nSPS) is 13.9. The van der Waals surface area contributed by atoms with E-state index >= 15 is 0 Å². The molecule has 0 aromatic carbocycles. The van der Waals surface area contributed by atoms with Gasteiger partial charge in [-0.15, -0.1) is 21.5 Å². The average molecular weight is 492 g/mol. The topological polar surface area (TPSA) is 143 Å². The maximum Gasteiger partial charge on any atom is 0.274 e. The number of anilines is 2. The highest BCUT2D eigenvalue weighted by atomic mass is 32.1. The van der Waals surface area contributed by atoms with Gasteiger partial charge >= 0.3 is 0 Å². The van der Waals surface area contributed by atoms with Crippen LogP contribution in [0.5, 0.6) is 0 Å². The van der Waals surface area contributed by atoms with Crippen LogP contribution >= 0.6 is 11.3 Å². The van der Waals surface area contributed by atoms with Gasteiger partial charge in [0.05, 0.1) is 23.6 Å². The third kappa shape index (κ3) is 5.78. The van der Waals surface area contributed by atoms with E-state index in [1.54, 1.807) is 31.0 Å². The number of carbonyl (C=O) groups is 1. The molecule has 12 heteroatoms. The number of carbonyl (C=O) groups excluding carboxylic acids is 1. The Bertz CT molecular complexity index is 1300. The minimum atomic E-state index is -1.15. The summed E-state index contributed by atoms with van der Waals surface area (Å²) >= 11 is 1.35. The molecule has 1 amide bonds. The van der Waals surface area contributed by atoms with Gasteiger partial charge in [0.1, 0.15) is 16.3 Å². The van der Waals surface area contributed by atoms with Gasteiger partial charge in [0, 0.05) is 31.5 Å². The lowest BCUT2D eigenvalue weighted by molar-refractivity contribution is 0.0945. The highest BCUT2D eigenvalue weighted by Crippen LogP contribution is 2.29. The molecule has 1 unspecified atom stereocenters. The monoisotopic (exact) mass is 491 g/mol. The van der Waals surface area contributed by atoms with Gasteiger partial charge in [0.2, 0.25) is 0 Å². The lowest BCUT2D eigenvalue weighted by Crippen LogP contribution is -2.25. The summed E-state index contributed by atoms with van der Waals surface area (Å²) in [7, 11) is 1.70. The van der Waals surface area contributed by atoms with Crippen LogP contribution in [0.3, 0.4) is 0 Å². The van der Waals surface area contributed by atoms with Gasteiger partial charge < -0.3 is 21.1 Å². The van der Waals surface area contributed by atoms with E-state index < -0.39 is 6.23 Å². The van der Waals surface area contributed by atoms with E-state index in [0.29, 0.717) is 22.1 Å². The molecule has 1 aliphatic rings. The van der Waals surface area contributed by atoms with Crippen molar-refractivity contribution < 1.29 is 9.90 Å². The molecule has 4 N–H and O–H groups in total. The van der Waals surface area contributed by atoms with Crippen molar-refractivity contribution in [2.45, 2.75) is 25.6 Å². The summed E-state index contributed by atoms with van der Waals surface area (Å²) < 4.78 is 1.51. The molecular weight excluding hydrogens is 466 g/mol. The molecule has 4 aromatic rings. The van der Waals surface area contributed by atoms with Crippen molar-refractivity contribution in [3.8, 4) is 11.3 Å². The van der Waals surface area contributed by atoms with E-state index in [1.807, 2.05) is 24.3 Å². The fraction of sp³-hybridized carbons (Fsp3) is 0.304. The van der Waals surface area contributed by atoms with Gasteiger partial charge in [-0.1, -0.05) is 6.07 Å². The molecular formula is C23H25N9O2S. The number of rotatable bonds is 10. The van der Waals surface area contributed by atoms with E-state index in [1.165, 1.54) is 28.9 Å². The molecule has 1 atom stereocenters. The average Bonchev–Trinajstić information content (AvgIpc) is 3.42. The summed E-state index contributed by atoms with van der Waals surface area (Å²) in [5.41, 5.74) is 4.16. The molecule has 0 radical (unpaired) electrons. The molecule has 1 saturated carbocycles. The maximum atomic E-state index is 12.7. The summed E-state index contributed by atoms with van der Waals surface area (Å²) in [5.74, 6) is 1.16. The first-order valence-electron chi connectivity index (χ1n) is 11.2. The number of amides is 1. The quantitative estimate of drug-likeness (QED) is 0.246. The van der Waals surface area contributed by atoms with Crippen LogP contribution in [-0.2, 0) is 13.6 Å². The fourth-order valence-electron chi connectivity index (χ4n) is 3.52. The third-order valence-corrected chi connectivity index (χ3v) is 6.21. The van der Waals surface area contributed by atoms with Crippen molar-refractivity contribution in [1.82, 2.24) is 35.3 Å². The molecule has 180 valence electrons. The van der Waals surface area contributed by atoms with Crippen molar-refractivity contribution in [2.75, 3.05) is 17.2 Å². The number of aliphatic hydroxyl groups excluding tert-OH is 1. The summed E-state index contributed by atoms with van der Waals surface area (Å²) in [6.07, 6.45) is 4.77. The van der Waals surface area contributed by atoms with Crippen molar-refractivity contribution >= 4 is 28.7 Å². The number of aliphatic hydroxyl groups is 1. The minimum absolute atomic E-state index is 0.160. The highest BCUT2D eigenvalue weighted by Gasteiger charge is 2.21. The SMILES string of the molecule is Cn1cc(NC(O)c2cccc(-c3ccnc(NCC4CC4)c3)n2)c(C(=O)NCc2nncs2)n1. The van der Waals surface area contributed by atoms with E-state index in [2.05, 4.69) is 41.2 Å². The van der Waals surface area contributed by atoms with Gasteiger partial charge in [-0.25, -0.2) is 9.97 Å². The summed E-state index contributed by atoms with van der Waals surface area (Å²) in [6, 6.07) is 9.28. The lowest BCUT2D eigenvalue weighted by atomic mass is 10.1. The Labute approximate surface area is 205 Å². The van der Waals surface area contributed by atoms with Gasteiger partial charge in [-0.3, -0.25) is 9.48 Å². The first kappa shape index (κ1) is 22.9. The summed E-state index contributed by atoms with van der Waals surface area (Å²) in [5, 5.41) is 32.5. The zero-order valence-corrected chi connectivity index (χ0v) is 19.9. The van der Waals surface area contributed by atoms with Crippen LogP contribution in [0.1, 0.15) is 40.3 Å². The van der Waals surface area contributed by atoms with Crippen LogP contribution in [0.25, 0.3) is 11.3 Å². The Balaban J connectivity index is 1.28. The van der Waals surface area contributed by atoms with Crippen molar-refractivity contribution in [3.63, 3.8) is 0 Å². The van der Waals surface area contributed by atoms with Crippen molar-refractivity contribution in [1.29, 1.82) is 0 Å². The number of nitrogens with one attached hydrogen (secondary N) is 3. The first-order valence-corrected chi connectivity index (χ1v) is 12.1. The van der Waals surface area contributed by atoms with Crippen LogP contribution in [0.4, 0.5) is 11.5 Å². The van der Waals surface area contributed by atoms with Gasteiger partial charge in [-0.05, 0) is 43.0 Å². The Morgan fingerprint density at radius 3 is 3.00 bits per heavy atom. The van der Waals surface area contributed by atoms with Crippen LogP contribution in [0.2, 0.25) is 0 Å². The second-order valence-corrected chi connectivity index (χ2v) is 9.25. The molecule has 1 aliphatic carbocycles. The fourth-order valence-corrected chi connectivity index (χ4v) is 3.98. The first-order chi connectivity index (χ1) is 17.0. The molecule has 4 heterocycles. The van der Waals surface area contributed by atoms with Crippen LogP contribution in [0, 0.1) is 5.92 Å². The zero-order chi connectivity index (χ0) is 24.2. The number of nitrogens with zero attached hydrogens (tertiary/aromatic N) is 6. The minimum Gasteiger partial charge on any atom is -0.370 e. The lowest BCUT2D eigenvalue weighted by Gasteiger charge is -2.14. The largest absolute Gasteiger partial charge is 0.370 e. The van der Waals surface area contributed by atoms with Crippen LogP contribution in [-0.4, -0.2) is 47.5 Å². The maximum absolute atomic E-state index is 12.7. The Kier molecular flexibility index (Phi) is 6.64. The zero-order valence-electron chi connectivity index (χ0n) is 19.0. The van der Waals surface area contributed by atoms with Gasteiger partial charge in [-0.2, -0.15) is 5.10 Å². The molecule has 1 fully saturated rings. The highest BCUT2D eigenvalue weighted by molar-refractivity contribution is 7.09. The Morgan fingerprint density at radius 1 is 1.31 bits per heavy atom. The molecule has 0 saturated heterocycles. The number of aryl methyl sites for hydroxylation is 1. The predicted molar refractivity (Wildman–Crippen MR) is 132 cm³/mol. The van der Waals surface area contributed by atoms with Gasteiger partial charge in [0.25, 0.3) is 5.91 Å². The Morgan fingerprint density at radius 2 is 2.20 bits per heavy atom. The summed E-state index contributed by atoms with van der Waals surface area (Å²) in [4.78, 5) is 21.7. The van der Waals surface area contributed by atoms with E-state index in [0.717, 1.165) is 23.8 Å². The number of hydrogen-bond donors (Lipinski definition) is 4. The van der Waals surface area contributed by atoms with Crippen LogP contribution < -0.4 is 16.0 Å². The molecule has 35 heavy (non-hydrogen) atoms. The molecule has 0 aliphatic heterocycles. The number of hydrogen-bond acceptors (Lipinski definition) is 10. The molecule has 11 nitrogen and oxygen atoms in total. The molecule has 4 aromatic heterocycles. The van der Waals surface area contributed by atoms with Gasteiger partial charge in [0.15, 0.2) is 11.9 Å². The van der Waals surface area contributed by atoms with Crippen molar-refractivity contribution in [2.24, 2.45) is 13.0 Å². The smallest absolute Gasteiger partial charge is 0.274 e. The molecule has 5 rings (SSSR count). The van der Waals surface area contributed by atoms with Crippen molar-refractivity contribution in [3.05, 3.63) is 64.6 Å². The number of aromatic nitrogens is 6. The second-order valence-electron chi connectivity index (χ2n) is 8.33. The summed E-state index contributed by atoms with van der Waals surface area (Å²) in [6.45, 7) is 1.17. The van der Waals surface area contributed by atoms with E-state index in [9.17, 15) is 9.90 Å². The standard InChI is InChI=1S/C23H25N9O2S/c1-32-12-18(21(31-32)23(34)26-11-20-30-27-13-35-20)29-22(33)17-4-2-3-16(28-17)15-7-8-24-19(9-15)25-10-14-5-6-14/h2-4,7-9,12-14,22,29,33H,5-6,10-11H2,1H3,(H,24,25)(H,26,34). The molecule has 0 bridgehead atoms. The second kappa shape index (κ2) is 10.2. The molecule has 0 spiro atoms. The predicted octanol–water partition coefficient (Wildman–Crippen LogP) is 2.58. The van der Waals surface area contributed by atoms with E-state index in [4.69, 9.17) is 0 Å².